The first-order valence-corrected chi connectivity index (χ1v) is 7.32. The Hall–Kier alpha value is -2.07. The van der Waals surface area contributed by atoms with E-state index in [9.17, 15) is 0 Å². The van der Waals surface area contributed by atoms with Crippen LogP contribution in [0.3, 0.4) is 0 Å². The molecule has 0 aliphatic carbocycles. The van der Waals surface area contributed by atoms with Gasteiger partial charge in [-0.1, -0.05) is 18.2 Å². The van der Waals surface area contributed by atoms with Crippen LogP contribution in [-0.2, 0) is 36.7 Å². The number of nitrogens with zero attached hydrogens (tertiary/aromatic N) is 4. The molecule has 0 fully saturated rings. The molecule has 0 N–H and O–H groups in total. The number of hydrogen-bond acceptors (Lipinski definition) is 4. The van der Waals surface area contributed by atoms with E-state index in [1.54, 1.807) is 0 Å². The molecule has 3 rings (SSSR count). The van der Waals surface area contributed by atoms with Crippen molar-refractivity contribution in [3.05, 3.63) is 90.3 Å². The third-order valence-electron chi connectivity index (χ3n) is 3.34. The standard InChI is InChI=1S/C18H18N4.Cu/c1-4-10-19-16(7-1)13-22(14-17-8-2-5-11-20-17)15-18-9-3-6-12-21-18;/h1-12H,13-15H2;/q;+1. The van der Waals surface area contributed by atoms with Crippen LogP contribution in [0, 0.1) is 0 Å². The van der Waals surface area contributed by atoms with Gasteiger partial charge in [-0.05, 0) is 36.4 Å². The maximum atomic E-state index is 4.42. The Morgan fingerprint density at radius 1 is 0.565 bits per heavy atom. The summed E-state index contributed by atoms with van der Waals surface area (Å²) in [5.74, 6) is 0. The van der Waals surface area contributed by atoms with Crippen LogP contribution in [0.15, 0.2) is 73.2 Å². The molecular formula is C18H18CuN4+. The largest absolute Gasteiger partial charge is 1.00 e. The SMILES string of the molecule is [Cu+].c1ccc(CN(Cc2ccccn2)Cc2ccccn2)nc1. The molecule has 0 bridgehead atoms. The number of aromatic nitrogens is 3. The van der Waals surface area contributed by atoms with Crippen LogP contribution in [0.5, 0.6) is 0 Å². The minimum absolute atomic E-state index is 0. The van der Waals surface area contributed by atoms with Gasteiger partial charge in [0.05, 0.1) is 17.1 Å². The van der Waals surface area contributed by atoms with Gasteiger partial charge in [-0.3, -0.25) is 19.9 Å². The summed E-state index contributed by atoms with van der Waals surface area (Å²) in [6, 6.07) is 18.0. The third kappa shape index (κ3) is 5.57. The summed E-state index contributed by atoms with van der Waals surface area (Å²) in [5.41, 5.74) is 3.15. The van der Waals surface area contributed by atoms with E-state index in [0.717, 1.165) is 36.7 Å². The smallest absolute Gasteiger partial charge is 0.286 e. The van der Waals surface area contributed by atoms with Crippen molar-refractivity contribution in [3.63, 3.8) is 0 Å². The zero-order chi connectivity index (χ0) is 15.0. The molecule has 0 atom stereocenters. The second-order valence-electron chi connectivity index (χ2n) is 5.11. The second-order valence-corrected chi connectivity index (χ2v) is 5.11. The van der Waals surface area contributed by atoms with E-state index in [-0.39, 0.29) is 17.1 Å². The molecule has 0 radical (unpaired) electrons. The average Bonchev–Trinajstić information content (AvgIpc) is 2.57. The van der Waals surface area contributed by atoms with Crippen LogP contribution in [0.2, 0.25) is 0 Å². The van der Waals surface area contributed by atoms with Crippen LogP contribution in [0.25, 0.3) is 0 Å². The molecule has 4 nitrogen and oxygen atoms in total. The van der Waals surface area contributed by atoms with Crippen LogP contribution >= 0.6 is 0 Å². The molecule has 23 heavy (non-hydrogen) atoms. The zero-order valence-corrected chi connectivity index (χ0v) is 13.6. The fraction of sp³-hybridized carbons (Fsp3) is 0.167. The van der Waals surface area contributed by atoms with Crippen LogP contribution < -0.4 is 0 Å². The van der Waals surface area contributed by atoms with Gasteiger partial charge in [-0.15, -0.1) is 0 Å². The third-order valence-corrected chi connectivity index (χ3v) is 3.34. The molecule has 3 heterocycles. The zero-order valence-electron chi connectivity index (χ0n) is 12.6. The maximum Gasteiger partial charge on any atom is 1.00 e. The van der Waals surface area contributed by atoms with Crippen molar-refractivity contribution < 1.29 is 17.1 Å². The summed E-state index contributed by atoms with van der Waals surface area (Å²) in [5, 5.41) is 0. The average molecular weight is 354 g/mol. The summed E-state index contributed by atoms with van der Waals surface area (Å²) in [6.45, 7) is 2.32. The van der Waals surface area contributed by atoms with E-state index < -0.39 is 0 Å². The van der Waals surface area contributed by atoms with Gasteiger partial charge < -0.3 is 0 Å². The Kier molecular flexibility index (Phi) is 6.88. The molecule has 0 aliphatic rings. The quantitative estimate of drug-likeness (QED) is 0.639. The normalized spacial score (nSPS) is 10.3. The van der Waals surface area contributed by atoms with E-state index in [4.69, 9.17) is 0 Å². The molecule has 0 amide bonds. The van der Waals surface area contributed by atoms with Crippen LogP contribution in [-0.4, -0.2) is 19.9 Å². The van der Waals surface area contributed by atoms with Gasteiger partial charge in [0.25, 0.3) is 0 Å². The second kappa shape index (κ2) is 9.15. The Morgan fingerprint density at radius 3 is 1.17 bits per heavy atom. The monoisotopic (exact) mass is 353 g/mol. The molecule has 0 saturated heterocycles. The summed E-state index contributed by atoms with van der Waals surface area (Å²) >= 11 is 0. The van der Waals surface area contributed by atoms with E-state index in [1.165, 1.54) is 0 Å². The Balaban J connectivity index is 0.00000192. The fourth-order valence-electron chi connectivity index (χ4n) is 2.33. The van der Waals surface area contributed by atoms with Gasteiger partial charge in [0.1, 0.15) is 0 Å². The predicted molar refractivity (Wildman–Crippen MR) is 85.7 cm³/mol. The van der Waals surface area contributed by atoms with Gasteiger partial charge >= 0.3 is 17.1 Å². The Labute approximate surface area is 147 Å². The molecule has 3 aromatic heterocycles. The molecule has 0 saturated carbocycles. The van der Waals surface area contributed by atoms with E-state index in [1.807, 2.05) is 73.2 Å². The minimum atomic E-state index is 0. The molecule has 3 aromatic rings. The van der Waals surface area contributed by atoms with Crippen molar-refractivity contribution in [3.8, 4) is 0 Å². The number of hydrogen-bond donors (Lipinski definition) is 0. The van der Waals surface area contributed by atoms with Gasteiger partial charge in [0, 0.05) is 38.2 Å². The fourth-order valence-corrected chi connectivity index (χ4v) is 2.33. The van der Waals surface area contributed by atoms with Crippen molar-refractivity contribution in [1.29, 1.82) is 0 Å². The van der Waals surface area contributed by atoms with Crippen molar-refractivity contribution in [2.75, 3.05) is 0 Å². The van der Waals surface area contributed by atoms with Crippen molar-refractivity contribution >= 4 is 0 Å². The van der Waals surface area contributed by atoms with Gasteiger partial charge in [-0.25, -0.2) is 0 Å². The summed E-state index contributed by atoms with van der Waals surface area (Å²) in [4.78, 5) is 15.6. The van der Waals surface area contributed by atoms with E-state index in [0.29, 0.717) is 0 Å². The van der Waals surface area contributed by atoms with Crippen molar-refractivity contribution in [2.24, 2.45) is 0 Å². The van der Waals surface area contributed by atoms with Crippen LogP contribution in [0.4, 0.5) is 0 Å². The first-order chi connectivity index (χ1) is 10.9. The Bertz CT molecular complexity index is 578. The van der Waals surface area contributed by atoms with E-state index >= 15 is 0 Å². The summed E-state index contributed by atoms with van der Waals surface area (Å²) in [7, 11) is 0. The molecule has 0 aliphatic heterocycles. The van der Waals surface area contributed by atoms with Crippen molar-refractivity contribution in [1.82, 2.24) is 19.9 Å². The molecule has 0 spiro atoms. The molecule has 120 valence electrons. The van der Waals surface area contributed by atoms with E-state index in [2.05, 4.69) is 19.9 Å². The summed E-state index contributed by atoms with van der Waals surface area (Å²) in [6.07, 6.45) is 5.49. The topological polar surface area (TPSA) is 41.9 Å². The Morgan fingerprint density at radius 2 is 0.913 bits per heavy atom. The molecule has 5 heteroatoms. The number of rotatable bonds is 6. The molecule has 0 unspecified atom stereocenters. The maximum absolute atomic E-state index is 4.42. The summed E-state index contributed by atoms with van der Waals surface area (Å²) < 4.78 is 0. The van der Waals surface area contributed by atoms with Gasteiger partial charge in [-0.2, -0.15) is 0 Å². The molecule has 0 aromatic carbocycles. The first kappa shape index (κ1) is 17.3. The van der Waals surface area contributed by atoms with Gasteiger partial charge in [0.15, 0.2) is 0 Å². The predicted octanol–water partition coefficient (Wildman–Crippen LogP) is 3.07. The molecular weight excluding hydrogens is 336 g/mol. The van der Waals surface area contributed by atoms with Crippen molar-refractivity contribution in [2.45, 2.75) is 19.6 Å². The minimum Gasteiger partial charge on any atom is -0.286 e. The first-order valence-electron chi connectivity index (χ1n) is 7.32. The van der Waals surface area contributed by atoms with Crippen LogP contribution in [0.1, 0.15) is 17.1 Å². The number of pyridine rings is 3. The van der Waals surface area contributed by atoms with Gasteiger partial charge in [0.2, 0.25) is 0 Å².